The zero-order chi connectivity index (χ0) is 29.7. The van der Waals surface area contributed by atoms with Crippen LogP contribution >= 0.6 is 0 Å². The van der Waals surface area contributed by atoms with Crippen LogP contribution in [0.4, 0.5) is 0 Å². The lowest BCUT2D eigenvalue weighted by atomic mass is 9.54. The van der Waals surface area contributed by atoms with E-state index in [0.717, 1.165) is 0 Å². The van der Waals surface area contributed by atoms with E-state index in [1.165, 1.54) is 32.0 Å². The van der Waals surface area contributed by atoms with Crippen LogP contribution in [0.15, 0.2) is 23.0 Å². The Bertz CT molecular complexity index is 1410. The molecule has 3 aliphatic carbocycles. The molecule has 0 heterocycles. The number of primary amides is 1. The van der Waals surface area contributed by atoms with Crippen molar-refractivity contribution in [3.63, 3.8) is 0 Å². The number of fused-ring (bicyclic) bond motifs is 3. The predicted molar refractivity (Wildman–Crippen MR) is 139 cm³/mol. The van der Waals surface area contributed by atoms with E-state index >= 15 is 0 Å². The molecule has 0 aromatic heterocycles. The van der Waals surface area contributed by atoms with E-state index in [1.807, 2.05) is 0 Å². The number of benzene rings is 1. The molecule has 4 rings (SSSR count). The molecule has 0 unspecified atom stereocenters. The Morgan fingerprint density at radius 3 is 2.13 bits per heavy atom. The van der Waals surface area contributed by atoms with Gasteiger partial charge in [0.1, 0.15) is 22.8 Å². The van der Waals surface area contributed by atoms with Crippen molar-refractivity contribution in [1.82, 2.24) is 4.90 Å². The van der Waals surface area contributed by atoms with E-state index in [9.17, 15) is 44.7 Å². The third-order valence-corrected chi connectivity index (χ3v) is 8.41. The summed E-state index contributed by atoms with van der Waals surface area (Å²) < 4.78 is 0. The van der Waals surface area contributed by atoms with Gasteiger partial charge in [-0.3, -0.25) is 24.1 Å². The highest BCUT2D eigenvalue weighted by Gasteiger charge is 2.68. The summed E-state index contributed by atoms with van der Waals surface area (Å²) in [5.41, 5.74) is 0.677. The monoisotopic (exact) mass is 542 g/mol. The SMILES string of the molecule is CC(=O)c1cc(C(C)(C)C)c(O)c2c1[C@@H](C)[C@H]1C(=C2O)C(=O)[C@@]2(O)C(O)=C(C(N)=O)C(=O)[C@H](N(C)C)[C@H]2[C@@H]1O. The number of aliphatic hydroxyl groups excluding tert-OH is 3. The first-order valence-electron chi connectivity index (χ1n) is 12.6. The molecule has 0 bridgehead atoms. The van der Waals surface area contributed by atoms with Gasteiger partial charge < -0.3 is 31.3 Å². The lowest BCUT2D eigenvalue weighted by molar-refractivity contribution is -0.169. The van der Waals surface area contributed by atoms with Crippen molar-refractivity contribution in [2.75, 3.05) is 14.1 Å². The minimum Gasteiger partial charge on any atom is -0.508 e. The molecule has 11 nitrogen and oxygen atoms in total. The fourth-order valence-corrected chi connectivity index (χ4v) is 6.63. The fourth-order valence-electron chi connectivity index (χ4n) is 6.63. The molecule has 1 saturated carbocycles. The van der Waals surface area contributed by atoms with Gasteiger partial charge in [-0.1, -0.05) is 27.7 Å². The second-order valence-electron chi connectivity index (χ2n) is 12.0. The van der Waals surface area contributed by atoms with Crippen LogP contribution in [-0.4, -0.2) is 85.5 Å². The summed E-state index contributed by atoms with van der Waals surface area (Å²) in [5, 5.41) is 57.3. The second-order valence-corrected chi connectivity index (χ2v) is 12.0. The fraction of sp³-hybridized carbons (Fsp3) is 0.500. The molecule has 0 spiro atoms. The summed E-state index contributed by atoms with van der Waals surface area (Å²) in [6, 6.07) is 0.0765. The van der Waals surface area contributed by atoms with Crippen LogP contribution in [0, 0.1) is 11.8 Å². The summed E-state index contributed by atoms with van der Waals surface area (Å²) in [6.45, 7) is 8.28. The minimum absolute atomic E-state index is 0.175. The van der Waals surface area contributed by atoms with Crippen molar-refractivity contribution >= 4 is 29.0 Å². The van der Waals surface area contributed by atoms with Gasteiger partial charge in [0, 0.05) is 22.6 Å². The van der Waals surface area contributed by atoms with Gasteiger partial charge in [-0.25, -0.2) is 0 Å². The van der Waals surface area contributed by atoms with E-state index in [4.69, 9.17) is 5.73 Å². The quantitative estimate of drug-likeness (QED) is 0.236. The zero-order valence-electron chi connectivity index (χ0n) is 22.9. The van der Waals surface area contributed by atoms with Crippen molar-refractivity contribution in [3.05, 3.63) is 45.2 Å². The number of aromatic hydroxyl groups is 1. The van der Waals surface area contributed by atoms with Crippen LogP contribution in [0.2, 0.25) is 0 Å². The standard InChI is InChI=1S/C28H34N2O9/c1-9-13-11(10(2)31)8-12(27(3,4)5)20(32)15(13)21(33)16-14(9)22(34)18-19(30(6)7)23(35)17(26(29)38)25(37)28(18,39)24(16)36/h8-9,14,18-19,22,32-34,37,39H,1-7H3,(H2,29,38)/t9-,14+,18+,19-,22-,28-/m1/s1. The molecular weight excluding hydrogens is 508 g/mol. The molecule has 1 aromatic rings. The lowest BCUT2D eigenvalue weighted by Crippen LogP contribution is -2.70. The molecular formula is C28H34N2O9. The Balaban J connectivity index is 2.14. The average molecular weight is 543 g/mol. The van der Waals surface area contributed by atoms with Gasteiger partial charge >= 0.3 is 0 Å². The first-order valence-corrected chi connectivity index (χ1v) is 12.6. The maximum Gasteiger partial charge on any atom is 0.255 e. The Morgan fingerprint density at radius 2 is 1.67 bits per heavy atom. The van der Waals surface area contributed by atoms with Crippen molar-refractivity contribution in [1.29, 1.82) is 0 Å². The molecule has 3 aliphatic rings. The minimum atomic E-state index is -3.00. The number of phenols is 1. The van der Waals surface area contributed by atoms with Gasteiger partial charge in [0.05, 0.1) is 23.6 Å². The summed E-state index contributed by atoms with van der Waals surface area (Å²) >= 11 is 0. The summed E-state index contributed by atoms with van der Waals surface area (Å²) in [6.07, 6.45) is -1.73. The first-order chi connectivity index (χ1) is 17.8. The number of nitrogens with two attached hydrogens (primary N) is 1. The molecule has 210 valence electrons. The van der Waals surface area contributed by atoms with Crippen LogP contribution in [0.3, 0.4) is 0 Å². The van der Waals surface area contributed by atoms with E-state index in [2.05, 4.69) is 0 Å². The predicted octanol–water partition coefficient (Wildman–Crippen LogP) is 0.996. The number of likely N-dealkylation sites (N-methyl/N-ethyl adjacent to an activating group) is 1. The molecule has 1 amide bonds. The van der Waals surface area contributed by atoms with Crippen LogP contribution in [-0.2, 0) is 19.8 Å². The van der Waals surface area contributed by atoms with Gasteiger partial charge in [0.2, 0.25) is 5.78 Å². The van der Waals surface area contributed by atoms with E-state index in [-0.39, 0.29) is 28.2 Å². The number of aliphatic hydroxyl groups is 4. The molecule has 11 heteroatoms. The third kappa shape index (κ3) is 3.60. The molecule has 0 radical (unpaired) electrons. The van der Waals surface area contributed by atoms with Crippen LogP contribution in [0.25, 0.3) is 5.76 Å². The summed E-state index contributed by atoms with van der Waals surface area (Å²) in [7, 11) is 2.87. The average Bonchev–Trinajstić information content (AvgIpc) is 2.79. The molecule has 39 heavy (non-hydrogen) atoms. The molecule has 1 fully saturated rings. The van der Waals surface area contributed by atoms with Gasteiger partial charge in [-0.05, 0) is 44.0 Å². The van der Waals surface area contributed by atoms with Crippen LogP contribution in [0.1, 0.15) is 67.6 Å². The number of rotatable bonds is 3. The lowest BCUT2D eigenvalue weighted by Gasteiger charge is -2.54. The summed E-state index contributed by atoms with van der Waals surface area (Å²) in [5.74, 6) is -10.2. The molecule has 0 saturated heterocycles. The maximum absolute atomic E-state index is 14.1. The first kappa shape index (κ1) is 28.5. The maximum atomic E-state index is 14.1. The summed E-state index contributed by atoms with van der Waals surface area (Å²) in [4.78, 5) is 53.6. The number of ketones is 3. The Kier molecular flexibility index (Phi) is 6.38. The Hall–Kier alpha value is -3.54. The normalized spacial score (nSPS) is 30.8. The number of hydrogen-bond acceptors (Lipinski definition) is 10. The van der Waals surface area contributed by atoms with Crippen molar-refractivity contribution in [3.8, 4) is 5.75 Å². The van der Waals surface area contributed by atoms with Crippen LogP contribution in [0.5, 0.6) is 5.75 Å². The highest BCUT2D eigenvalue weighted by Crippen LogP contribution is 2.57. The number of phenolic OH excluding ortho intramolecular Hbond substituents is 1. The Morgan fingerprint density at radius 1 is 1.10 bits per heavy atom. The van der Waals surface area contributed by atoms with Gasteiger partial charge in [-0.2, -0.15) is 0 Å². The Labute approximate surface area is 225 Å². The molecule has 7 N–H and O–H groups in total. The van der Waals surface area contributed by atoms with E-state index < -0.39 is 81.1 Å². The topological polar surface area (TPSA) is 199 Å². The number of carbonyl (C=O) groups excluding carboxylic acids is 4. The van der Waals surface area contributed by atoms with Crippen molar-refractivity contribution in [2.45, 2.75) is 63.7 Å². The number of nitrogens with zero attached hydrogens (tertiary/aromatic N) is 1. The highest BCUT2D eigenvalue weighted by molar-refractivity contribution is 6.24. The van der Waals surface area contributed by atoms with Crippen molar-refractivity contribution < 1.29 is 44.7 Å². The molecule has 6 atom stereocenters. The number of hydrogen-bond donors (Lipinski definition) is 6. The van der Waals surface area contributed by atoms with Gasteiger partial charge in [0.15, 0.2) is 17.2 Å². The second kappa shape index (κ2) is 8.73. The van der Waals surface area contributed by atoms with E-state index in [1.54, 1.807) is 27.7 Å². The van der Waals surface area contributed by atoms with Gasteiger partial charge in [-0.15, -0.1) is 0 Å². The molecule has 0 aliphatic heterocycles. The van der Waals surface area contributed by atoms with Gasteiger partial charge in [0.25, 0.3) is 5.91 Å². The number of carbonyl (C=O) groups is 4. The largest absolute Gasteiger partial charge is 0.508 e. The highest BCUT2D eigenvalue weighted by atomic mass is 16.4. The van der Waals surface area contributed by atoms with Crippen LogP contribution < -0.4 is 5.73 Å². The molecule has 1 aromatic carbocycles. The van der Waals surface area contributed by atoms with Crippen molar-refractivity contribution in [2.24, 2.45) is 17.6 Å². The zero-order valence-corrected chi connectivity index (χ0v) is 22.9. The third-order valence-electron chi connectivity index (χ3n) is 8.41. The number of amides is 1. The smallest absolute Gasteiger partial charge is 0.255 e. The van der Waals surface area contributed by atoms with E-state index in [0.29, 0.717) is 5.56 Å². The number of Topliss-reactive ketones (excluding diaryl/α,β-unsaturated/α-hetero) is 3.